The first-order valence-corrected chi connectivity index (χ1v) is 6.37. The fourth-order valence-electron chi connectivity index (χ4n) is 2.26. The molecule has 6 heteroatoms. The van der Waals surface area contributed by atoms with Crippen molar-refractivity contribution in [2.45, 2.75) is 6.42 Å². The largest absolute Gasteiger partial charge is 0.475 e. The molecule has 1 N–H and O–H groups in total. The van der Waals surface area contributed by atoms with Gasteiger partial charge < -0.3 is 14.4 Å². The number of furan rings is 1. The number of halogens is 1. The van der Waals surface area contributed by atoms with Gasteiger partial charge in [-0.1, -0.05) is 17.7 Å². The van der Waals surface area contributed by atoms with Crippen molar-refractivity contribution in [1.82, 2.24) is 0 Å². The lowest BCUT2D eigenvalue weighted by molar-refractivity contribution is 0.0660. The maximum Gasteiger partial charge on any atom is 0.371 e. The monoisotopic (exact) mass is 291 g/mol. The first kappa shape index (κ1) is 12.7. The highest BCUT2D eigenvalue weighted by molar-refractivity contribution is 6.31. The number of rotatable bonds is 2. The van der Waals surface area contributed by atoms with Gasteiger partial charge in [-0.3, -0.25) is 4.79 Å². The van der Waals surface area contributed by atoms with Crippen LogP contribution in [-0.4, -0.2) is 23.5 Å². The van der Waals surface area contributed by atoms with Gasteiger partial charge in [0.2, 0.25) is 5.76 Å². The van der Waals surface area contributed by atoms with Gasteiger partial charge in [0, 0.05) is 17.3 Å². The van der Waals surface area contributed by atoms with Gasteiger partial charge in [0.15, 0.2) is 5.76 Å². The van der Waals surface area contributed by atoms with E-state index in [2.05, 4.69) is 0 Å². The molecule has 2 aromatic rings. The van der Waals surface area contributed by atoms with E-state index < -0.39 is 5.97 Å². The number of aromatic carboxylic acids is 1. The van der Waals surface area contributed by atoms with Crippen molar-refractivity contribution in [3.8, 4) is 0 Å². The molecular formula is C14H10ClNO4. The highest BCUT2D eigenvalue weighted by atomic mass is 35.5. The Morgan fingerprint density at radius 3 is 2.65 bits per heavy atom. The fraction of sp³-hybridized carbons (Fsp3) is 0.143. The molecule has 5 nitrogen and oxygen atoms in total. The zero-order chi connectivity index (χ0) is 14.3. The van der Waals surface area contributed by atoms with Crippen LogP contribution in [0, 0.1) is 0 Å². The number of benzene rings is 1. The van der Waals surface area contributed by atoms with E-state index >= 15 is 0 Å². The summed E-state index contributed by atoms with van der Waals surface area (Å²) in [6.45, 7) is 0.525. The smallest absolute Gasteiger partial charge is 0.371 e. The third-order valence-electron chi connectivity index (χ3n) is 3.22. The van der Waals surface area contributed by atoms with Crippen molar-refractivity contribution >= 4 is 29.2 Å². The summed E-state index contributed by atoms with van der Waals surface area (Å²) in [6.07, 6.45) is 0.741. The molecule has 2 heterocycles. The van der Waals surface area contributed by atoms with Crippen molar-refractivity contribution in [2.24, 2.45) is 0 Å². The van der Waals surface area contributed by atoms with Gasteiger partial charge in [0.25, 0.3) is 5.91 Å². The minimum absolute atomic E-state index is 0.00947. The second-order valence-electron chi connectivity index (χ2n) is 4.45. The topological polar surface area (TPSA) is 70.8 Å². The van der Waals surface area contributed by atoms with E-state index in [0.717, 1.165) is 17.7 Å². The number of hydrogen-bond donors (Lipinski definition) is 1. The van der Waals surface area contributed by atoms with E-state index in [1.165, 1.54) is 12.1 Å². The fourth-order valence-corrected chi connectivity index (χ4v) is 2.43. The van der Waals surface area contributed by atoms with Gasteiger partial charge in [-0.05, 0) is 36.2 Å². The molecule has 0 radical (unpaired) electrons. The van der Waals surface area contributed by atoms with Crippen LogP contribution in [0.15, 0.2) is 34.7 Å². The summed E-state index contributed by atoms with van der Waals surface area (Å²) < 4.78 is 5.04. The SMILES string of the molecule is O=C(O)c1ccc(C(=O)N2CCc3ccc(Cl)cc32)o1. The van der Waals surface area contributed by atoms with E-state index in [-0.39, 0.29) is 17.4 Å². The minimum Gasteiger partial charge on any atom is -0.475 e. The predicted molar refractivity (Wildman–Crippen MR) is 72.5 cm³/mol. The van der Waals surface area contributed by atoms with Crippen molar-refractivity contribution in [3.63, 3.8) is 0 Å². The standard InChI is InChI=1S/C14H10ClNO4/c15-9-2-1-8-5-6-16(10(8)7-9)13(17)11-3-4-12(20-11)14(18)19/h1-4,7H,5-6H2,(H,18,19). The molecule has 0 aliphatic carbocycles. The quantitative estimate of drug-likeness (QED) is 0.923. The molecule has 1 aromatic carbocycles. The number of carboxylic acids is 1. The molecule has 1 amide bonds. The summed E-state index contributed by atoms with van der Waals surface area (Å²) in [4.78, 5) is 24.7. The van der Waals surface area contributed by atoms with Crippen molar-refractivity contribution in [3.05, 3.63) is 52.4 Å². The lowest BCUT2D eigenvalue weighted by Gasteiger charge is -2.15. The number of anilines is 1. The number of amides is 1. The van der Waals surface area contributed by atoms with Gasteiger partial charge >= 0.3 is 5.97 Å². The summed E-state index contributed by atoms with van der Waals surface area (Å²) in [5.74, 6) is -1.80. The molecule has 3 rings (SSSR count). The summed E-state index contributed by atoms with van der Waals surface area (Å²) >= 11 is 5.95. The van der Waals surface area contributed by atoms with Crippen molar-refractivity contribution in [1.29, 1.82) is 0 Å². The van der Waals surface area contributed by atoms with E-state index in [1.54, 1.807) is 17.0 Å². The number of nitrogens with zero attached hydrogens (tertiary/aromatic N) is 1. The average Bonchev–Trinajstić information content (AvgIpc) is 3.04. The van der Waals surface area contributed by atoms with Crippen molar-refractivity contribution in [2.75, 3.05) is 11.4 Å². The Morgan fingerprint density at radius 2 is 1.95 bits per heavy atom. The van der Waals surface area contributed by atoms with Crippen LogP contribution in [0.3, 0.4) is 0 Å². The Bertz CT molecular complexity index is 707. The van der Waals surface area contributed by atoms with Crippen LogP contribution in [0.25, 0.3) is 0 Å². The Kier molecular flexibility index (Phi) is 2.99. The third kappa shape index (κ3) is 2.06. The lowest BCUT2D eigenvalue weighted by Crippen LogP contribution is -2.28. The molecule has 1 aromatic heterocycles. The average molecular weight is 292 g/mol. The van der Waals surface area contributed by atoms with E-state index in [1.807, 2.05) is 6.07 Å². The van der Waals surface area contributed by atoms with Gasteiger partial charge in [-0.25, -0.2) is 4.79 Å². The molecule has 102 valence electrons. The van der Waals surface area contributed by atoms with Gasteiger partial charge in [0.05, 0.1) is 0 Å². The Hall–Kier alpha value is -2.27. The molecule has 1 aliphatic heterocycles. The Morgan fingerprint density at radius 1 is 1.20 bits per heavy atom. The zero-order valence-electron chi connectivity index (χ0n) is 10.3. The van der Waals surface area contributed by atoms with Crippen LogP contribution >= 0.6 is 11.6 Å². The highest BCUT2D eigenvalue weighted by Gasteiger charge is 2.28. The molecule has 1 aliphatic rings. The molecule has 0 atom stereocenters. The van der Waals surface area contributed by atoms with E-state index in [4.69, 9.17) is 21.1 Å². The molecule has 0 spiro atoms. The second-order valence-corrected chi connectivity index (χ2v) is 4.89. The number of carbonyl (C=O) groups is 2. The van der Waals surface area contributed by atoms with Gasteiger partial charge in [0.1, 0.15) is 0 Å². The number of carboxylic acid groups (broad SMARTS) is 1. The number of carbonyl (C=O) groups excluding carboxylic acids is 1. The lowest BCUT2D eigenvalue weighted by atomic mass is 10.2. The molecule has 0 saturated heterocycles. The first-order valence-electron chi connectivity index (χ1n) is 5.99. The van der Waals surface area contributed by atoms with Crippen LogP contribution in [0.4, 0.5) is 5.69 Å². The third-order valence-corrected chi connectivity index (χ3v) is 3.45. The van der Waals surface area contributed by atoms with E-state index in [9.17, 15) is 9.59 Å². The Balaban J connectivity index is 1.93. The summed E-state index contributed by atoms with van der Waals surface area (Å²) in [5.41, 5.74) is 1.78. The van der Waals surface area contributed by atoms with Crippen LogP contribution < -0.4 is 4.90 Å². The van der Waals surface area contributed by atoms with Crippen LogP contribution in [0.5, 0.6) is 0 Å². The van der Waals surface area contributed by atoms with E-state index in [0.29, 0.717) is 11.6 Å². The molecular weight excluding hydrogens is 282 g/mol. The molecule has 0 saturated carbocycles. The predicted octanol–water partition coefficient (Wildman–Crippen LogP) is 2.83. The number of fused-ring (bicyclic) bond motifs is 1. The Labute approximate surface area is 119 Å². The zero-order valence-corrected chi connectivity index (χ0v) is 11.1. The van der Waals surface area contributed by atoms with Crippen molar-refractivity contribution < 1.29 is 19.1 Å². The maximum absolute atomic E-state index is 12.4. The summed E-state index contributed by atoms with van der Waals surface area (Å²) in [6, 6.07) is 8.03. The van der Waals surface area contributed by atoms with Crippen LogP contribution in [0.2, 0.25) is 5.02 Å². The van der Waals surface area contributed by atoms with Crippen LogP contribution in [-0.2, 0) is 6.42 Å². The molecule has 0 fully saturated rings. The molecule has 0 bridgehead atoms. The molecule has 0 unspecified atom stereocenters. The summed E-state index contributed by atoms with van der Waals surface area (Å²) in [5, 5.41) is 9.35. The minimum atomic E-state index is -1.20. The van der Waals surface area contributed by atoms with Gasteiger partial charge in [-0.15, -0.1) is 0 Å². The summed E-state index contributed by atoms with van der Waals surface area (Å²) in [7, 11) is 0. The normalized spacial score (nSPS) is 13.3. The number of hydrogen-bond acceptors (Lipinski definition) is 3. The maximum atomic E-state index is 12.4. The highest BCUT2D eigenvalue weighted by Crippen LogP contribution is 2.32. The first-order chi connectivity index (χ1) is 9.56. The second kappa shape index (κ2) is 4.68. The van der Waals surface area contributed by atoms with Crippen LogP contribution in [0.1, 0.15) is 26.7 Å². The van der Waals surface area contributed by atoms with Gasteiger partial charge in [-0.2, -0.15) is 0 Å². The molecule has 20 heavy (non-hydrogen) atoms.